The molecular weight excluding hydrogens is 262 g/mol. The molecule has 1 aromatic carbocycles. The Labute approximate surface area is 116 Å². The van der Waals surface area contributed by atoms with Crippen molar-refractivity contribution in [3.8, 4) is 11.4 Å². The second kappa shape index (κ2) is 4.81. The standard InChI is InChI=1S/C13H16ClN5/c1-8(4-9-2-3-9)19-13(16-17-18-19)10-5-11(14)7-12(15)6-10/h5-9H,2-4,15H2,1H3. The van der Waals surface area contributed by atoms with Gasteiger partial charge in [0.15, 0.2) is 5.82 Å². The summed E-state index contributed by atoms with van der Waals surface area (Å²) in [6.45, 7) is 2.14. The number of hydrogen-bond acceptors (Lipinski definition) is 4. The molecule has 1 fully saturated rings. The lowest BCUT2D eigenvalue weighted by atomic mass is 10.1. The van der Waals surface area contributed by atoms with Crippen LogP contribution in [0, 0.1) is 5.92 Å². The summed E-state index contributed by atoms with van der Waals surface area (Å²) in [6, 6.07) is 5.69. The highest BCUT2D eigenvalue weighted by molar-refractivity contribution is 6.31. The van der Waals surface area contributed by atoms with E-state index in [0.29, 0.717) is 10.7 Å². The van der Waals surface area contributed by atoms with Crippen molar-refractivity contribution in [3.63, 3.8) is 0 Å². The van der Waals surface area contributed by atoms with Crippen molar-refractivity contribution in [3.05, 3.63) is 23.2 Å². The normalized spacial score (nSPS) is 16.5. The van der Waals surface area contributed by atoms with Crippen LogP contribution < -0.4 is 5.73 Å². The van der Waals surface area contributed by atoms with E-state index in [-0.39, 0.29) is 6.04 Å². The number of nitrogens with two attached hydrogens (primary N) is 1. The Morgan fingerprint density at radius 3 is 2.89 bits per heavy atom. The van der Waals surface area contributed by atoms with Crippen LogP contribution >= 0.6 is 11.6 Å². The molecule has 0 radical (unpaired) electrons. The van der Waals surface area contributed by atoms with E-state index in [1.807, 2.05) is 16.8 Å². The molecule has 1 atom stereocenters. The van der Waals surface area contributed by atoms with Crippen molar-refractivity contribution in [1.29, 1.82) is 0 Å². The minimum absolute atomic E-state index is 0.290. The lowest BCUT2D eigenvalue weighted by Gasteiger charge is -2.13. The van der Waals surface area contributed by atoms with Gasteiger partial charge in [-0.2, -0.15) is 0 Å². The van der Waals surface area contributed by atoms with Crippen molar-refractivity contribution < 1.29 is 0 Å². The first-order valence-electron chi connectivity index (χ1n) is 6.48. The number of aromatic nitrogens is 4. The first-order valence-corrected chi connectivity index (χ1v) is 6.85. The smallest absolute Gasteiger partial charge is 0.182 e. The van der Waals surface area contributed by atoms with Crippen LogP contribution in [0.5, 0.6) is 0 Å². The van der Waals surface area contributed by atoms with Gasteiger partial charge in [-0.3, -0.25) is 0 Å². The highest BCUT2D eigenvalue weighted by Crippen LogP contribution is 2.37. The SMILES string of the molecule is CC(CC1CC1)n1nnnc1-c1cc(N)cc(Cl)c1. The van der Waals surface area contributed by atoms with Crippen LogP contribution in [0.25, 0.3) is 11.4 Å². The molecule has 5 nitrogen and oxygen atoms in total. The third kappa shape index (κ3) is 2.71. The molecule has 0 amide bonds. The zero-order chi connectivity index (χ0) is 13.4. The van der Waals surface area contributed by atoms with Crippen molar-refractivity contribution >= 4 is 17.3 Å². The van der Waals surface area contributed by atoms with E-state index in [1.165, 1.54) is 12.8 Å². The van der Waals surface area contributed by atoms with Crippen LogP contribution in [0.2, 0.25) is 5.02 Å². The van der Waals surface area contributed by atoms with E-state index in [9.17, 15) is 0 Å². The fourth-order valence-electron chi connectivity index (χ4n) is 2.36. The first-order chi connectivity index (χ1) is 9.13. The quantitative estimate of drug-likeness (QED) is 0.873. The molecule has 100 valence electrons. The van der Waals surface area contributed by atoms with E-state index in [1.54, 1.807) is 6.07 Å². The molecule has 2 aromatic rings. The van der Waals surface area contributed by atoms with E-state index in [2.05, 4.69) is 22.4 Å². The van der Waals surface area contributed by atoms with Gasteiger partial charge in [-0.05, 0) is 47.9 Å². The van der Waals surface area contributed by atoms with Gasteiger partial charge in [0.2, 0.25) is 0 Å². The molecule has 2 N–H and O–H groups in total. The monoisotopic (exact) mass is 277 g/mol. The number of halogens is 1. The number of hydrogen-bond donors (Lipinski definition) is 1. The number of nitrogens with zero attached hydrogens (tertiary/aromatic N) is 4. The van der Waals surface area contributed by atoms with Gasteiger partial charge in [-0.15, -0.1) is 5.10 Å². The maximum Gasteiger partial charge on any atom is 0.182 e. The molecule has 6 heteroatoms. The van der Waals surface area contributed by atoms with Gasteiger partial charge < -0.3 is 5.73 Å². The molecule has 0 spiro atoms. The molecule has 1 aliphatic rings. The van der Waals surface area contributed by atoms with Crippen LogP contribution in [0.15, 0.2) is 18.2 Å². The Kier molecular flexibility index (Phi) is 3.14. The summed E-state index contributed by atoms with van der Waals surface area (Å²) in [5.41, 5.74) is 7.30. The van der Waals surface area contributed by atoms with Crippen LogP contribution in [0.4, 0.5) is 5.69 Å². The Balaban J connectivity index is 1.93. The van der Waals surface area contributed by atoms with Crippen LogP contribution in [-0.2, 0) is 0 Å². The van der Waals surface area contributed by atoms with Crippen molar-refractivity contribution in [2.24, 2.45) is 5.92 Å². The Morgan fingerprint density at radius 2 is 2.21 bits per heavy atom. The molecule has 0 aliphatic heterocycles. The molecule has 0 saturated heterocycles. The zero-order valence-corrected chi connectivity index (χ0v) is 11.5. The number of benzene rings is 1. The second-order valence-corrected chi connectivity index (χ2v) is 5.68. The van der Waals surface area contributed by atoms with Crippen LogP contribution in [0.3, 0.4) is 0 Å². The Morgan fingerprint density at radius 1 is 1.42 bits per heavy atom. The van der Waals surface area contributed by atoms with Gasteiger partial charge in [0.25, 0.3) is 0 Å². The fraction of sp³-hybridized carbons (Fsp3) is 0.462. The predicted octanol–water partition coefficient (Wildman–Crippen LogP) is 2.94. The number of nitrogen functional groups attached to an aromatic ring is 1. The molecular formula is C13H16ClN5. The molecule has 1 heterocycles. The van der Waals surface area contributed by atoms with Gasteiger partial charge in [0.1, 0.15) is 0 Å². The van der Waals surface area contributed by atoms with Gasteiger partial charge >= 0.3 is 0 Å². The Bertz CT molecular complexity index is 570. The minimum Gasteiger partial charge on any atom is -0.399 e. The topological polar surface area (TPSA) is 69.6 Å². The highest BCUT2D eigenvalue weighted by Gasteiger charge is 2.26. The zero-order valence-electron chi connectivity index (χ0n) is 10.8. The van der Waals surface area contributed by atoms with Crippen molar-refractivity contribution in [2.45, 2.75) is 32.2 Å². The second-order valence-electron chi connectivity index (χ2n) is 5.25. The Hall–Kier alpha value is -1.62. The summed E-state index contributed by atoms with van der Waals surface area (Å²) in [7, 11) is 0. The van der Waals surface area contributed by atoms with Gasteiger partial charge in [-0.25, -0.2) is 4.68 Å². The summed E-state index contributed by atoms with van der Waals surface area (Å²) in [5, 5.41) is 12.6. The molecule has 0 bridgehead atoms. The fourth-order valence-corrected chi connectivity index (χ4v) is 2.60. The third-order valence-corrected chi connectivity index (χ3v) is 3.68. The minimum atomic E-state index is 0.290. The molecule has 19 heavy (non-hydrogen) atoms. The first kappa shape index (κ1) is 12.4. The number of anilines is 1. The van der Waals surface area contributed by atoms with Gasteiger partial charge in [0, 0.05) is 16.3 Å². The predicted molar refractivity (Wildman–Crippen MR) is 74.7 cm³/mol. The van der Waals surface area contributed by atoms with E-state index in [0.717, 1.165) is 23.7 Å². The van der Waals surface area contributed by atoms with E-state index in [4.69, 9.17) is 17.3 Å². The molecule has 1 aliphatic carbocycles. The summed E-state index contributed by atoms with van der Waals surface area (Å²) in [5.74, 6) is 1.55. The lowest BCUT2D eigenvalue weighted by molar-refractivity contribution is 0.430. The molecule has 3 rings (SSSR count). The average molecular weight is 278 g/mol. The van der Waals surface area contributed by atoms with E-state index < -0.39 is 0 Å². The largest absolute Gasteiger partial charge is 0.399 e. The molecule has 1 saturated carbocycles. The number of tetrazole rings is 1. The van der Waals surface area contributed by atoms with Crippen LogP contribution in [0.1, 0.15) is 32.2 Å². The lowest BCUT2D eigenvalue weighted by Crippen LogP contribution is -2.10. The van der Waals surface area contributed by atoms with Gasteiger partial charge in [0.05, 0.1) is 6.04 Å². The maximum atomic E-state index is 6.04. The van der Waals surface area contributed by atoms with Crippen molar-refractivity contribution in [1.82, 2.24) is 20.2 Å². The number of rotatable bonds is 4. The molecule has 1 unspecified atom stereocenters. The van der Waals surface area contributed by atoms with Crippen molar-refractivity contribution in [2.75, 3.05) is 5.73 Å². The van der Waals surface area contributed by atoms with Crippen LogP contribution in [-0.4, -0.2) is 20.2 Å². The van der Waals surface area contributed by atoms with Gasteiger partial charge in [-0.1, -0.05) is 24.4 Å². The average Bonchev–Trinajstić information content (AvgIpc) is 3.02. The third-order valence-electron chi connectivity index (χ3n) is 3.46. The summed E-state index contributed by atoms with van der Waals surface area (Å²) >= 11 is 6.04. The molecule has 1 aromatic heterocycles. The highest BCUT2D eigenvalue weighted by atomic mass is 35.5. The summed E-state index contributed by atoms with van der Waals surface area (Å²) in [6.07, 6.45) is 3.77. The van der Waals surface area contributed by atoms with E-state index >= 15 is 0 Å². The summed E-state index contributed by atoms with van der Waals surface area (Å²) < 4.78 is 1.86. The maximum absolute atomic E-state index is 6.04. The summed E-state index contributed by atoms with van der Waals surface area (Å²) in [4.78, 5) is 0.